The average Bonchev–Trinajstić information content (AvgIpc) is 2.99. The molecule has 15 heavy (non-hydrogen) atoms. The molecule has 0 bridgehead atoms. The molecule has 0 amide bonds. The van der Waals surface area contributed by atoms with Gasteiger partial charge in [-0.05, 0) is 30.4 Å². The summed E-state index contributed by atoms with van der Waals surface area (Å²) in [4.78, 5) is 11.5. The third kappa shape index (κ3) is 2.08. The minimum Gasteiger partial charge on any atom is -0.423 e. The van der Waals surface area contributed by atoms with Crippen molar-refractivity contribution in [1.82, 2.24) is 0 Å². The lowest BCUT2D eigenvalue weighted by atomic mass is 9.79. The fourth-order valence-electron chi connectivity index (χ4n) is 1.46. The predicted molar refractivity (Wildman–Crippen MR) is 53.3 cm³/mol. The summed E-state index contributed by atoms with van der Waals surface area (Å²) >= 11 is 0. The molecule has 0 atom stereocenters. The zero-order chi connectivity index (χ0) is 11.0. The second kappa shape index (κ2) is 3.75. The van der Waals surface area contributed by atoms with E-state index in [2.05, 4.69) is 0 Å². The Morgan fingerprint density at radius 1 is 1.40 bits per heavy atom. The number of hydrogen-bond acceptors (Lipinski definition) is 3. The van der Waals surface area contributed by atoms with E-state index in [0.717, 1.165) is 18.9 Å². The van der Waals surface area contributed by atoms with Crippen molar-refractivity contribution in [2.75, 3.05) is 0 Å². The molecular weight excluding hydrogens is 198 g/mol. The highest BCUT2D eigenvalue weighted by atomic mass is 19.1. The number of ketones is 1. The third-order valence-corrected chi connectivity index (χ3v) is 2.50. The summed E-state index contributed by atoms with van der Waals surface area (Å²) in [5.74, 6) is -0.909. The Kier molecular flexibility index (Phi) is 2.58. The monoisotopic (exact) mass is 208 g/mol. The van der Waals surface area contributed by atoms with Gasteiger partial charge in [0.1, 0.15) is 5.82 Å². The molecule has 0 heterocycles. The van der Waals surface area contributed by atoms with Crippen molar-refractivity contribution in [2.45, 2.75) is 12.8 Å². The van der Waals surface area contributed by atoms with Crippen molar-refractivity contribution in [3.05, 3.63) is 29.6 Å². The molecule has 0 radical (unpaired) electrons. The van der Waals surface area contributed by atoms with Crippen molar-refractivity contribution in [3.8, 4) is 0 Å². The van der Waals surface area contributed by atoms with Gasteiger partial charge in [-0.15, -0.1) is 0 Å². The van der Waals surface area contributed by atoms with Crippen LogP contribution >= 0.6 is 0 Å². The average molecular weight is 208 g/mol. The van der Waals surface area contributed by atoms with Crippen LogP contribution in [0.5, 0.6) is 0 Å². The van der Waals surface area contributed by atoms with E-state index in [0.29, 0.717) is 0 Å². The summed E-state index contributed by atoms with van der Waals surface area (Å²) in [6, 6.07) is 3.65. The van der Waals surface area contributed by atoms with Gasteiger partial charge < -0.3 is 10.0 Å². The fraction of sp³-hybridized carbons (Fsp3) is 0.300. The second-order valence-corrected chi connectivity index (χ2v) is 3.75. The highest BCUT2D eigenvalue weighted by Gasteiger charge is 2.32. The second-order valence-electron chi connectivity index (χ2n) is 3.75. The zero-order valence-corrected chi connectivity index (χ0v) is 7.98. The lowest BCUT2D eigenvalue weighted by Gasteiger charge is -2.04. The van der Waals surface area contributed by atoms with Crippen LogP contribution in [0.4, 0.5) is 4.39 Å². The first kappa shape index (κ1) is 10.3. The Morgan fingerprint density at radius 2 is 2.07 bits per heavy atom. The molecule has 0 saturated heterocycles. The van der Waals surface area contributed by atoms with Gasteiger partial charge in [0.15, 0.2) is 5.78 Å². The topological polar surface area (TPSA) is 57.5 Å². The lowest BCUT2D eigenvalue weighted by Crippen LogP contribution is -2.30. The maximum absolute atomic E-state index is 13.4. The Bertz CT molecular complexity index is 402. The zero-order valence-electron chi connectivity index (χ0n) is 7.98. The molecule has 3 nitrogen and oxygen atoms in total. The maximum Gasteiger partial charge on any atom is 0.488 e. The van der Waals surface area contributed by atoms with Crippen molar-refractivity contribution in [1.29, 1.82) is 0 Å². The normalized spacial score (nSPS) is 15.1. The van der Waals surface area contributed by atoms with Crippen molar-refractivity contribution in [2.24, 2.45) is 5.92 Å². The first-order valence-corrected chi connectivity index (χ1v) is 4.79. The molecule has 0 spiro atoms. The Hall–Kier alpha value is -1.20. The van der Waals surface area contributed by atoms with Crippen LogP contribution in [0, 0.1) is 11.7 Å². The first-order chi connectivity index (χ1) is 7.09. The molecule has 1 aromatic carbocycles. The largest absolute Gasteiger partial charge is 0.488 e. The van der Waals surface area contributed by atoms with Gasteiger partial charge in [0, 0.05) is 5.92 Å². The molecule has 0 aromatic heterocycles. The molecule has 78 valence electrons. The number of hydrogen-bond donors (Lipinski definition) is 2. The standard InChI is InChI=1S/C10H10BFO3/c12-9-5-7(11(14)15)3-4-8(9)10(13)6-1-2-6/h3-6,14-15H,1-2H2. The predicted octanol–water partition coefficient (Wildman–Crippen LogP) is 0.0982. The highest BCUT2D eigenvalue weighted by Crippen LogP contribution is 2.32. The highest BCUT2D eigenvalue weighted by molar-refractivity contribution is 6.58. The summed E-state index contributed by atoms with van der Waals surface area (Å²) in [7, 11) is -1.70. The van der Waals surface area contributed by atoms with Crippen LogP contribution < -0.4 is 5.46 Å². The Morgan fingerprint density at radius 3 is 2.53 bits per heavy atom. The Labute approximate surface area is 86.7 Å². The molecule has 2 N–H and O–H groups in total. The lowest BCUT2D eigenvalue weighted by molar-refractivity contribution is 0.0963. The van der Waals surface area contributed by atoms with Crippen LogP contribution in [0.2, 0.25) is 0 Å². The smallest absolute Gasteiger partial charge is 0.423 e. The maximum atomic E-state index is 13.4. The van der Waals surface area contributed by atoms with Gasteiger partial charge in [-0.2, -0.15) is 0 Å². The van der Waals surface area contributed by atoms with Crippen LogP contribution in [-0.4, -0.2) is 22.9 Å². The minimum absolute atomic E-state index is 0.0376. The summed E-state index contributed by atoms with van der Waals surface area (Å²) < 4.78 is 13.4. The van der Waals surface area contributed by atoms with E-state index in [1.807, 2.05) is 0 Å². The summed E-state index contributed by atoms with van der Waals surface area (Å²) in [6.45, 7) is 0. The molecule has 2 rings (SSSR count). The van der Waals surface area contributed by atoms with E-state index in [1.165, 1.54) is 12.1 Å². The number of carbonyl (C=O) groups excluding carboxylic acids is 1. The van der Waals surface area contributed by atoms with Crippen molar-refractivity contribution < 1.29 is 19.2 Å². The summed E-state index contributed by atoms with van der Waals surface area (Å²) in [6.07, 6.45) is 1.64. The van der Waals surface area contributed by atoms with Crippen molar-refractivity contribution >= 4 is 18.4 Å². The van der Waals surface area contributed by atoms with E-state index in [4.69, 9.17) is 10.0 Å². The SMILES string of the molecule is O=C(c1ccc(B(O)O)cc1F)C1CC1. The molecule has 1 aliphatic carbocycles. The van der Waals surface area contributed by atoms with Crippen LogP contribution in [0.3, 0.4) is 0 Å². The molecule has 5 heteroatoms. The number of halogens is 1. The van der Waals surface area contributed by atoms with Gasteiger partial charge >= 0.3 is 7.12 Å². The van der Waals surface area contributed by atoms with Crippen LogP contribution in [-0.2, 0) is 0 Å². The van der Waals surface area contributed by atoms with Gasteiger partial charge in [0.05, 0.1) is 5.56 Å². The van der Waals surface area contributed by atoms with E-state index >= 15 is 0 Å². The fourth-order valence-corrected chi connectivity index (χ4v) is 1.46. The van der Waals surface area contributed by atoms with E-state index in [1.54, 1.807) is 0 Å². The van der Waals surface area contributed by atoms with Gasteiger partial charge in [0.2, 0.25) is 0 Å². The van der Waals surface area contributed by atoms with Crippen LogP contribution in [0.15, 0.2) is 18.2 Å². The number of rotatable bonds is 3. The minimum atomic E-state index is -1.70. The van der Waals surface area contributed by atoms with E-state index < -0.39 is 12.9 Å². The van der Waals surface area contributed by atoms with Crippen LogP contribution in [0.1, 0.15) is 23.2 Å². The molecule has 1 aliphatic rings. The van der Waals surface area contributed by atoms with Crippen LogP contribution in [0.25, 0.3) is 0 Å². The van der Waals surface area contributed by atoms with Gasteiger partial charge in [-0.1, -0.05) is 6.07 Å². The molecule has 0 aliphatic heterocycles. The van der Waals surface area contributed by atoms with Gasteiger partial charge in [0.25, 0.3) is 0 Å². The molecular formula is C10H10BFO3. The quantitative estimate of drug-likeness (QED) is 0.547. The summed E-state index contributed by atoms with van der Waals surface area (Å²) in [5, 5.41) is 17.6. The number of Topliss-reactive ketones (excluding diaryl/α,β-unsaturated/α-hetero) is 1. The first-order valence-electron chi connectivity index (χ1n) is 4.79. The number of carbonyl (C=O) groups is 1. The van der Waals surface area contributed by atoms with E-state index in [-0.39, 0.29) is 22.7 Å². The van der Waals surface area contributed by atoms with Gasteiger partial charge in [-0.3, -0.25) is 4.79 Å². The summed E-state index contributed by atoms with van der Waals surface area (Å²) in [5.41, 5.74) is 0.0988. The molecule has 1 aromatic rings. The van der Waals surface area contributed by atoms with Crippen molar-refractivity contribution in [3.63, 3.8) is 0 Å². The molecule has 0 unspecified atom stereocenters. The molecule has 1 saturated carbocycles. The number of benzene rings is 1. The Balaban J connectivity index is 2.29. The van der Waals surface area contributed by atoms with E-state index in [9.17, 15) is 9.18 Å². The van der Waals surface area contributed by atoms with Gasteiger partial charge in [-0.25, -0.2) is 4.39 Å². The molecule has 1 fully saturated rings. The third-order valence-electron chi connectivity index (χ3n) is 2.50.